The number of aryl methyl sites for hydroxylation is 1. The highest BCUT2D eigenvalue weighted by Gasteiger charge is 2.13. The molecule has 0 aliphatic rings. The molecular weight excluding hydrogens is 266 g/mol. The van der Waals surface area contributed by atoms with Crippen molar-refractivity contribution < 1.29 is 9.21 Å². The number of nitrogens with zero attached hydrogens (tertiary/aromatic N) is 1. The Hall–Kier alpha value is -2.30. The quantitative estimate of drug-likeness (QED) is 0.857. The van der Waals surface area contributed by atoms with Crippen LogP contribution in [0.1, 0.15) is 35.7 Å². The van der Waals surface area contributed by atoms with E-state index in [2.05, 4.69) is 15.6 Å². The highest BCUT2D eigenvalue weighted by Crippen LogP contribution is 2.11. The fraction of sp³-hybridized carbons (Fsp3) is 0.375. The zero-order valence-corrected chi connectivity index (χ0v) is 12.6. The Labute approximate surface area is 124 Å². The first kappa shape index (κ1) is 15.1. The molecule has 1 amide bonds. The number of carbonyl (C=O) groups excluding carboxylic acids is 1. The highest BCUT2D eigenvalue weighted by molar-refractivity contribution is 5.95. The summed E-state index contributed by atoms with van der Waals surface area (Å²) >= 11 is 0. The number of hydrogen-bond donors (Lipinski definition) is 2. The summed E-state index contributed by atoms with van der Waals surface area (Å²) in [5, 5.41) is 6.10. The van der Waals surface area contributed by atoms with Gasteiger partial charge in [-0.05, 0) is 45.0 Å². The minimum Gasteiger partial charge on any atom is -0.469 e. The number of carbonyl (C=O) groups is 1. The van der Waals surface area contributed by atoms with Gasteiger partial charge < -0.3 is 15.1 Å². The van der Waals surface area contributed by atoms with Gasteiger partial charge in [-0.25, -0.2) is 4.98 Å². The van der Waals surface area contributed by atoms with Crippen LogP contribution >= 0.6 is 0 Å². The summed E-state index contributed by atoms with van der Waals surface area (Å²) < 4.78 is 5.29. The zero-order valence-electron chi connectivity index (χ0n) is 12.6. The number of rotatable bonds is 6. The highest BCUT2D eigenvalue weighted by atomic mass is 16.3. The second-order valence-electron chi connectivity index (χ2n) is 5.07. The third-order valence-electron chi connectivity index (χ3n) is 3.04. The van der Waals surface area contributed by atoms with Crippen molar-refractivity contribution in [1.82, 2.24) is 10.3 Å². The normalized spacial score (nSPS) is 12.0. The lowest BCUT2D eigenvalue weighted by Crippen LogP contribution is -2.34. The molecule has 1 atom stereocenters. The number of hydrogen-bond acceptors (Lipinski definition) is 4. The minimum absolute atomic E-state index is 0.000272. The largest absolute Gasteiger partial charge is 0.469 e. The Balaban J connectivity index is 2.02. The fourth-order valence-corrected chi connectivity index (χ4v) is 2.16. The van der Waals surface area contributed by atoms with Gasteiger partial charge in [0.1, 0.15) is 11.6 Å². The van der Waals surface area contributed by atoms with Gasteiger partial charge in [0.25, 0.3) is 5.91 Å². The van der Waals surface area contributed by atoms with E-state index < -0.39 is 0 Å². The smallest absolute Gasteiger partial charge is 0.251 e. The second-order valence-corrected chi connectivity index (χ2v) is 5.07. The number of pyridine rings is 1. The molecule has 112 valence electrons. The van der Waals surface area contributed by atoms with Crippen molar-refractivity contribution in [2.24, 2.45) is 0 Å². The van der Waals surface area contributed by atoms with Crippen LogP contribution in [0.3, 0.4) is 0 Å². The van der Waals surface area contributed by atoms with Crippen LogP contribution in [-0.2, 0) is 6.42 Å². The predicted octanol–water partition coefficient (Wildman–Crippen LogP) is 2.78. The average Bonchev–Trinajstić information content (AvgIpc) is 2.91. The SMILES string of the molecule is CCNc1cc(C(=O)NC(C)Cc2ccco2)cc(C)n1. The lowest BCUT2D eigenvalue weighted by Gasteiger charge is -2.13. The summed E-state index contributed by atoms with van der Waals surface area (Å²) in [6, 6.07) is 7.31. The fourth-order valence-electron chi connectivity index (χ4n) is 2.16. The Morgan fingerprint density at radius 2 is 2.24 bits per heavy atom. The monoisotopic (exact) mass is 287 g/mol. The molecule has 5 nitrogen and oxygen atoms in total. The Kier molecular flexibility index (Phi) is 4.98. The average molecular weight is 287 g/mol. The van der Waals surface area contributed by atoms with E-state index in [0.29, 0.717) is 12.0 Å². The molecular formula is C16H21N3O2. The van der Waals surface area contributed by atoms with Crippen LogP contribution in [0.15, 0.2) is 34.9 Å². The number of aromatic nitrogens is 1. The molecule has 0 fully saturated rings. The predicted molar refractivity (Wildman–Crippen MR) is 82.5 cm³/mol. The first-order valence-corrected chi connectivity index (χ1v) is 7.14. The molecule has 21 heavy (non-hydrogen) atoms. The van der Waals surface area contributed by atoms with Crippen LogP contribution < -0.4 is 10.6 Å². The van der Waals surface area contributed by atoms with Crippen molar-refractivity contribution in [3.8, 4) is 0 Å². The van der Waals surface area contributed by atoms with Crippen LogP contribution in [0.2, 0.25) is 0 Å². The number of amides is 1. The van der Waals surface area contributed by atoms with E-state index in [1.165, 1.54) is 0 Å². The van der Waals surface area contributed by atoms with E-state index in [1.54, 1.807) is 18.4 Å². The van der Waals surface area contributed by atoms with Gasteiger partial charge >= 0.3 is 0 Å². The van der Waals surface area contributed by atoms with Crippen molar-refractivity contribution in [3.63, 3.8) is 0 Å². The van der Waals surface area contributed by atoms with Crippen molar-refractivity contribution in [2.75, 3.05) is 11.9 Å². The number of anilines is 1. The van der Waals surface area contributed by atoms with Gasteiger partial charge in [0, 0.05) is 30.3 Å². The molecule has 0 saturated heterocycles. The van der Waals surface area contributed by atoms with Gasteiger partial charge in [-0.2, -0.15) is 0 Å². The van der Waals surface area contributed by atoms with Crippen molar-refractivity contribution in [1.29, 1.82) is 0 Å². The van der Waals surface area contributed by atoms with Gasteiger partial charge in [-0.15, -0.1) is 0 Å². The van der Waals surface area contributed by atoms with E-state index in [4.69, 9.17) is 4.42 Å². The summed E-state index contributed by atoms with van der Waals surface area (Å²) in [4.78, 5) is 16.6. The van der Waals surface area contributed by atoms with E-state index in [9.17, 15) is 4.79 Å². The molecule has 2 aromatic rings. The minimum atomic E-state index is -0.0984. The van der Waals surface area contributed by atoms with Gasteiger partial charge in [0.05, 0.1) is 6.26 Å². The molecule has 5 heteroatoms. The molecule has 2 N–H and O–H groups in total. The van der Waals surface area contributed by atoms with Crippen molar-refractivity contribution in [3.05, 3.63) is 47.5 Å². The molecule has 2 rings (SSSR count). The third kappa shape index (κ3) is 4.34. The van der Waals surface area contributed by atoms with E-state index >= 15 is 0 Å². The molecule has 0 aromatic carbocycles. The molecule has 0 saturated carbocycles. The first-order chi connectivity index (χ1) is 10.1. The second kappa shape index (κ2) is 6.92. The topological polar surface area (TPSA) is 67.2 Å². The van der Waals surface area contributed by atoms with Crippen LogP contribution in [0.5, 0.6) is 0 Å². The Bertz CT molecular complexity index is 594. The summed E-state index contributed by atoms with van der Waals surface area (Å²) in [5.74, 6) is 1.49. The van der Waals surface area contributed by atoms with Gasteiger partial charge in [0.2, 0.25) is 0 Å². The van der Waals surface area contributed by atoms with Gasteiger partial charge in [-0.1, -0.05) is 0 Å². The summed E-state index contributed by atoms with van der Waals surface area (Å²) in [5.41, 5.74) is 1.43. The van der Waals surface area contributed by atoms with Crippen molar-refractivity contribution >= 4 is 11.7 Å². The summed E-state index contributed by atoms with van der Waals surface area (Å²) in [6.07, 6.45) is 2.31. The molecule has 2 aromatic heterocycles. The number of furan rings is 1. The van der Waals surface area contributed by atoms with Gasteiger partial charge in [0.15, 0.2) is 0 Å². The van der Waals surface area contributed by atoms with E-state index in [0.717, 1.165) is 23.8 Å². The Morgan fingerprint density at radius 1 is 1.43 bits per heavy atom. The van der Waals surface area contributed by atoms with E-state index in [1.807, 2.05) is 32.9 Å². The Morgan fingerprint density at radius 3 is 2.90 bits per heavy atom. The zero-order chi connectivity index (χ0) is 15.2. The lowest BCUT2D eigenvalue weighted by molar-refractivity contribution is 0.0939. The van der Waals surface area contributed by atoms with Crippen LogP contribution in [0.4, 0.5) is 5.82 Å². The maximum Gasteiger partial charge on any atom is 0.251 e. The molecule has 0 aliphatic heterocycles. The molecule has 0 radical (unpaired) electrons. The molecule has 0 spiro atoms. The lowest BCUT2D eigenvalue weighted by atomic mass is 10.1. The number of nitrogens with one attached hydrogen (secondary N) is 2. The summed E-state index contributed by atoms with van der Waals surface area (Å²) in [7, 11) is 0. The molecule has 1 unspecified atom stereocenters. The molecule has 2 heterocycles. The summed E-state index contributed by atoms with van der Waals surface area (Å²) in [6.45, 7) is 6.60. The first-order valence-electron chi connectivity index (χ1n) is 7.14. The van der Waals surface area contributed by atoms with Crippen molar-refractivity contribution in [2.45, 2.75) is 33.2 Å². The maximum absolute atomic E-state index is 12.3. The molecule has 0 bridgehead atoms. The van der Waals surface area contributed by atoms with Crippen LogP contribution in [0.25, 0.3) is 0 Å². The van der Waals surface area contributed by atoms with Crippen LogP contribution in [0, 0.1) is 6.92 Å². The molecule has 0 aliphatic carbocycles. The maximum atomic E-state index is 12.3. The standard InChI is InChI=1S/C16H21N3O2/c1-4-17-15-10-13(8-11(2)18-15)16(20)19-12(3)9-14-6-5-7-21-14/h5-8,10,12H,4,9H2,1-3H3,(H,17,18)(H,19,20). The third-order valence-corrected chi connectivity index (χ3v) is 3.04. The van der Waals surface area contributed by atoms with E-state index in [-0.39, 0.29) is 11.9 Å². The van der Waals surface area contributed by atoms with Crippen LogP contribution in [-0.4, -0.2) is 23.5 Å². The van der Waals surface area contributed by atoms with Gasteiger partial charge in [-0.3, -0.25) is 4.79 Å².